The van der Waals surface area contributed by atoms with Crippen molar-refractivity contribution in [2.24, 2.45) is 0 Å². The van der Waals surface area contributed by atoms with Crippen molar-refractivity contribution in [2.75, 3.05) is 7.11 Å². The Labute approximate surface area is 101 Å². The second kappa shape index (κ2) is 7.22. The van der Waals surface area contributed by atoms with Gasteiger partial charge < -0.3 is 20.1 Å². The van der Waals surface area contributed by atoms with Crippen molar-refractivity contribution < 1.29 is 39.2 Å². The number of carbonyl (C=O) groups excluding carboxylic acids is 1. The predicted octanol–water partition coefficient (Wildman–Crippen LogP) is -1.48. The molecule has 0 aromatic heterocycles. The minimum atomic E-state index is -1.58. The van der Waals surface area contributed by atoms with Gasteiger partial charge in [0.25, 0.3) is 0 Å². The predicted molar refractivity (Wildman–Crippen MR) is 54.9 cm³/mol. The highest BCUT2D eigenvalue weighted by atomic mass is 16.5. The largest absolute Gasteiger partial charge is 0.481 e. The number of aliphatic carboxylic acids is 3. The standard InChI is InChI=1S/C9H13NO8/c1-18-9(17)5(3-7(13)14)10-4(8(15)16)2-6(11)12/h4-5,10H,2-3H2,1H3,(H,11,12)(H,13,14)(H,15,16). The van der Waals surface area contributed by atoms with Crippen molar-refractivity contribution in [3.05, 3.63) is 0 Å². The van der Waals surface area contributed by atoms with Crippen LogP contribution in [0.25, 0.3) is 0 Å². The van der Waals surface area contributed by atoms with Gasteiger partial charge in [0.15, 0.2) is 0 Å². The first-order valence-corrected chi connectivity index (χ1v) is 4.78. The second-order valence-corrected chi connectivity index (χ2v) is 3.33. The number of esters is 1. The van der Waals surface area contributed by atoms with Crippen LogP contribution >= 0.6 is 0 Å². The Hall–Kier alpha value is -2.16. The van der Waals surface area contributed by atoms with E-state index < -0.39 is 48.8 Å². The SMILES string of the molecule is COC(=O)C(CC(=O)O)NC(CC(=O)O)C(=O)O. The fraction of sp³-hybridized carbons (Fsp3) is 0.556. The van der Waals surface area contributed by atoms with Crippen LogP contribution in [0.2, 0.25) is 0 Å². The third-order valence-corrected chi connectivity index (χ3v) is 1.94. The summed E-state index contributed by atoms with van der Waals surface area (Å²) in [4.78, 5) is 42.9. The minimum absolute atomic E-state index is 0.712. The van der Waals surface area contributed by atoms with Crippen molar-refractivity contribution in [3.8, 4) is 0 Å². The first-order chi connectivity index (χ1) is 8.27. The quantitative estimate of drug-likeness (QED) is 0.384. The molecule has 0 radical (unpaired) electrons. The van der Waals surface area contributed by atoms with E-state index in [1.165, 1.54) is 0 Å². The molecule has 2 atom stereocenters. The lowest BCUT2D eigenvalue weighted by atomic mass is 10.1. The van der Waals surface area contributed by atoms with E-state index in [-0.39, 0.29) is 0 Å². The monoisotopic (exact) mass is 263 g/mol. The van der Waals surface area contributed by atoms with Crippen LogP contribution in [0, 0.1) is 0 Å². The van der Waals surface area contributed by atoms with E-state index in [2.05, 4.69) is 10.1 Å². The van der Waals surface area contributed by atoms with Crippen LogP contribution in [-0.2, 0) is 23.9 Å². The van der Waals surface area contributed by atoms with Crippen molar-refractivity contribution in [1.82, 2.24) is 5.32 Å². The Balaban J connectivity index is 4.79. The first-order valence-electron chi connectivity index (χ1n) is 4.78. The third-order valence-electron chi connectivity index (χ3n) is 1.94. The summed E-state index contributed by atoms with van der Waals surface area (Å²) in [5, 5.41) is 27.9. The summed E-state index contributed by atoms with van der Waals surface area (Å²) in [6.07, 6.45) is -1.50. The Morgan fingerprint density at radius 3 is 1.78 bits per heavy atom. The Bertz CT molecular complexity index is 352. The number of rotatable bonds is 8. The smallest absolute Gasteiger partial charge is 0.323 e. The molecule has 18 heavy (non-hydrogen) atoms. The average Bonchev–Trinajstić information content (AvgIpc) is 2.24. The molecule has 0 amide bonds. The van der Waals surface area contributed by atoms with Crippen LogP contribution in [-0.4, -0.2) is 58.4 Å². The maximum Gasteiger partial charge on any atom is 0.323 e. The van der Waals surface area contributed by atoms with E-state index in [9.17, 15) is 19.2 Å². The van der Waals surface area contributed by atoms with Crippen LogP contribution in [0.5, 0.6) is 0 Å². The van der Waals surface area contributed by atoms with E-state index in [0.717, 1.165) is 7.11 Å². The van der Waals surface area contributed by atoms with Gasteiger partial charge in [0.1, 0.15) is 12.1 Å². The first kappa shape index (κ1) is 15.8. The van der Waals surface area contributed by atoms with Gasteiger partial charge in [-0.3, -0.25) is 24.5 Å². The number of hydrogen-bond acceptors (Lipinski definition) is 6. The van der Waals surface area contributed by atoms with Gasteiger partial charge in [0.05, 0.1) is 20.0 Å². The molecule has 9 heteroatoms. The number of methoxy groups -OCH3 is 1. The molecule has 2 unspecified atom stereocenters. The van der Waals surface area contributed by atoms with E-state index >= 15 is 0 Å². The summed E-state index contributed by atoms with van der Waals surface area (Å²) in [5.41, 5.74) is 0. The lowest BCUT2D eigenvalue weighted by molar-refractivity contribution is -0.151. The zero-order valence-corrected chi connectivity index (χ0v) is 9.45. The molecule has 9 nitrogen and oxygen atoms in total. The van der Waals surface area contributed by atoms with Crippen molar-refractivity contribution in [1.29, 1.82) is 0 Å². The van der Waals surface area contributed by atoms with Crippen LogP contribution in [0.3, 0.4) is 0 Å². The van der Waals surface area contributed by atoms with E-state index in [1.54, 1.807) is 0 Å². The van der Waals surface area contributed by atoms with Gasteiger partial charge in [-0.15, -0.1) is 0 Å². The normalized spacial score (nSPS) is 13.4. The summed E-state index contributed by atoms with van der Waals surface area (Å²) < 4.78 is 4.29. The molecule has 0 spiro atoms. The molecule has 0 rings (SSSR count). The molecule has 0 bridgehead atoms. The Kier molecular flexibility index (Phi) is 6.35. The molecule has 4 N–H and O–H groups in total. The third kappa shape index (κ3) is 5.80. The maximum absolute atomic E-state index is 11.2. The molecule has 0 aromatic carbocycles. The Morgan fingerprint density at radius 2 is 1.44 bits per heavy atom. The topological polar surface area (TPSA) is 150 Å². The van der Waals surface area contributed by atoms with Gasteiger partial charge in [-0.2, -0.15) is 0 Å². The molecule has 0 aliphatic rings. The van der Waals surface area contributed by atoms with Gasteiger partial charge in [-0.1, -0.05) is 0 Å². The van der Waals surface area contributed by atoms with Crippen LogP contribution in [0.15, 0.2) is 0 Å². The second-order valence-electron chi connectivity index (χ2n) is 3.33. The summed E-state index contributed by atoms with van der Waals surface area (Å²) in [6, 6.07) is -3.00. The van der Waals surface area contributed by atoms with E-state index in [4.69, 9.17) is 15.3 Å². The number of nitrogens with one attached hydrogen (secondary N) is 1. The van der Waals surface area contributed by atoms with Gasteiger partial charge in [-0.05, 0) is 0 Å². The van der Waals surface area contributed by atoms with Crippen LogP contribution in [0.4, 0.5) is 0 Å². The number of hydrogen-bond donors (Lipinski definition) is 4. The summed E-state index contributed by atoms with van der Waals surface area (Å²) in [7, 11) is 1.01. The van der Waals surface area contributed by atoms with Crippen molar-refractivity contribution in [3.63, 3.8) is 0 Å². The Morgan fingerprint density at radius 1 is 1.00 bits per heavy atom. The highest BCUT2D eigenvalue weighted by Crippen LogP contribution is 2.01. The van der Waals surface area contributed by atoms with Crippen molar-refractivity contribution >= 4 is 23.9 Å². The lowest BCUT2D eigenvalue weighted by Crippen LogP contribution is -2.49. The zero-order valence-electron chi connectivity index (χ0n) is 9.45. The minimum Gasteiger partial charge on any atom is -0.481 e. The van der Waals surface area contributed by atoms with Crippen LogP contribution < -0.4 is 5.32 Å². The summed E-state index contributed by atoms with van der Waals surface area (Å²) in [6.45, 7) is 0. The average molecular weight is 263 g/mol. The number of carbonyl (C=O) groups is 4. The number of carboxylic acid groups (broad SMARTS) is 3. The fourth-order valence-corrected chi connectivity index (χ4v) is 1.16. The lowest BCUT2D eigenvalue weighted by Gasteiger charge is -2.19. The van der Waals surface area contributed by atoms with Crippen molar-refractivity contribution in [2.45, 2.75) is 24.9 Å². The van der Waals surface area contributed by atoms with Gasteiger partial charge in [0.2, 0.25) is 0 Å². The molecule has 0 saturated heterocycles. The molecule has 0 heterocycles. The molecular formula is C9H13NO8. The van der Waals surface area contributed by atoms with Gasteiger partial charge in [0, 0.05) is 0 Å². The molecule has 0 aliphatic heterocycles. The molecule has 0 saturated carbocycles. The molecule has 102 valence electrons. The zero-order chi connectivity index (χ0) is 14.3. The summed E-state index contributed by atoms with van der Waals surface area (Å²) >= 11 is 0. The molecule has 0 aliphatic carbocycles. The summed E-state index contributed by atoms with van der Waals surface area (Å²) in [5.74, 6) is -5.23. The van der Waals surface area contributed by atoms with Gasteiger partial charge in [-0.25, -0.2) is 0 Å². The molecular weight excluding hydrogens is 250 g/mol. The fourth-order valence-electron chi connectivity index (χ4n) is 1.16. The molecule has 0 fully saturated rings. The number of carboxylic acids is 3. The highest BCUT2D eigenvalue weighted by molar-refractivity contribution is 5.84. The van der Waals surface area contributed by atoms with Gasteiger partial charge >= 0.3 is 23.9 Å². The number of ether oxygens (including phenoxy) is 1. The maximum atomic E-state index is 11.2. The molecule has 0 aromatic rings. The highest BCUT2D eigenvalue weighted by Gasteiger charge is 2.30. The van der Waals surface area contributed by atoms with Crippen LogP contribution in [0.1, 0.15) is 12.8 Å². The van der Waals surface area contributed by atoms with E-state index in [0.29, 0.717) is 0 Å². The van der Waals surface area contributed by atoms with E-state index in [1.807, 2.05) is 0 Å².